The summed E-state index contributed by atoms with van der Waals surface area (Å²) in [5.41, 5.74) is 30.3. The van der Waals surface area contributed by atoms with Crippen molar-refractivity contribution in [3.8, 4) is 55.6 Å². The summed E-state index contributed by atoms with van der Waals surface area (Å²) >= 11 is 0. The van der Waals surface area contributed by atoms with E-state index in [0.717, 1.165) is 46.3 Å². The van der Waals surface area contributed by atoms with Gasteiger partial charge in [0.2, 0.25) is 0 Å². The molecule has 0 atom stereocenters. The predicted molar refractivity (Wildman–Crippen MR) is 275 cm³/mol. The molecule has 7 aromatic rings. The number of benzene rings is 7. The molecule has 0 unspecified atom stereocenters. The van der Waals surface area contributed by atoms with Crippen LogP contribution in [0.5, 0.6) is 0 Å². The fraction of sp³-hybridized carbons (Fsp3) is 0.0469. The Morgan fingerprint density at radius 2 is 1.22 bits per heavy atom. The van der Waals surface area contributed by atoms with Gasteiger partial charge in [0.15, 0.2) is 0 Å². The van der Waals surface area contributed by atoms with Gasteiger partial charge in [0.05, 0.1) is 0 Å². The predicted octanol–water partition coefficient (Wildman–Crippen LogP) is 17.1. The van der Waals surface area contributed by atoms with Gasteiger partial charge in [-0.15, -0.1) is 5.73 Å². The number of hydrogen-bond donors (Lipinski definition) is 0. The summed E-state index contributed by atoms with van der Waals surface area (Å²) in [5.74, 6) is 0. The van der Waals surface area contributed by atoms with Crippen LogP contribution < -0.4 is 0 Å². The second-order valence-electron chi connectivity index (χ2n) is 16.9. The topological polar surface area (TPSA) is 0 Å². The zero-order chi connectivity index (χ0) is 43.3. The van der Waals surface area contributed by atoms with E-state index in [2.05, 4.69) is 196 Å². The van der Waals surface area contributed by atoms with E-state index in [9.17, 15) is 0 Å². The molecule has 0 radical (unpaired) electrons. The molecule has 0 nitrogen and oxygen atoms in total. The highest BCUT2D eigenvalue weighted by Gasteiger charge is 2.35. The number of fused-ring (bicyclic) bond motifs is 3. The first kappa shape index (κ1) is 38.9. The van der Waals surface area contributed by atoms with Crippen molar-refractivity contribution in [1.29, 1.82) is 0 Å². The molecule has 0 bridgehead atoms. The Hall–Kier alpha value is -8.02. The van der Waals surface area contributed by atoms with Crippen molar-refractivity contribution in [3.05, 3.63) is 276 Å². The quantitative estimate of drug-likeness (QED) is 0.0953. The van der Waals surface area contributed by atoms with Crippen molar-refractivity contribution in [2.75, 3.05) is 0 Å². The van der Waals surface area contributed by atoms with Gasteiger partial charge in [0.1, 0.15) is 0 Å². The third kappa shape index (κ3) is 6.23. The fourth-order valence-corrected chi connectivity index (χ4v) is 10.6. The van der Waals surface area contributed by atoms with Gasteiger partial charge < -0.3 is 0 Å². The SMILES string of the molecule is C=C/C=C(C1=C(C(=C)C2=CC=C=CC=C2)c2ccc(-c3ccc(-c4cc(-c5ccccc5)c5c(c4-c4ccccc4)-c4cccc6c4C5=CCC6)cc3)c3cccc1c23)/C(C)=C/C=C. The van der Waals surface area contributed by atoms with E-state index in [1.54, 1.807) is 0 Å². The maximum atomic E-state index is 4.76. The Bertz CT molecular complexity index is 3410. The summed E-state index contributed by atoms with van der Waals surface area (Å²) in [4.78, 5) is 0. The Labute approximate surface area is 377 Å². The highest BCUT2D eigenvalue weighted by Crippen LogP contribution is 2.57. The Morgan fingerprint density at radius 3 is 1.98 bits per heavy atom. The molecule has 0 saturated heterocycles. The molecule has 0 aromatic heterocycles. The molecule has 302 valence electrons. The maximum Gasteiger partial charge on any atom is -0.000787 e. The van der Waals surface area contributed by atoms with Gasteiger partial charge >= 0.3 is 0 Å². The lowest BCUT2D eigenvalue weighted by atomic mass is 9.82. The normalized spacial score (nSPS) is 14.6. The molecule has 0 heterocycles. The van der Waals surface area contributed by atoms with E-state index in [4.69, 9.17) is 6.58 Å². The second kappa shape index (κ2) is 16.0. The molecule has 0 saturated carbocycles. The molecule has 7 aromatic carbocycles. The molecule has 0 aliphatic heterocycles. The first-order chi connectivity index (χ1) is 31.6. The van der Waals surface area contributed by atoms with Crippen LogP contribution in [0.1, 0.15) is 41.2 Å². The van der Waals surface area contributed by atoms with Crippen LogP contribution in [0.4, 0.5) is 0 Å². The molecule has 64 heavy (non-hydrogen) atoms. The maximum absolute atomic E-state index is 4.76. The summed E-state index contributed by atoms with van der Waals surface area (Å²) in [7, 11) is 0. The minimum Gasteiger partial charge on any atom is -0.121 e. The van der Waals surface area contributed by atoms with Crippen LogP contribution in [0, 0.1) is 0 Å². The first-order valence-electron chi connectivity index (χ1n) is 22.2. The molecule has 0 heteroatoms. The van der Waals surface area contributed by atoms with Gasteiger partial charge in [-0.1, -0.05) is 196 Å². The van der Waals surface area contributed by atoms with Gasteiger partial charge in [0.25, 0.3) is 0 Å². The van der Waals surface area contributed by atoms with E-state index in [1.807, 2.05) is 30.4 Å². The average Bonchev–Trinajstić information content (AvgIpc) is 3.70. The van der Waals surface area contributed by atoms with Gasteiger partial charge in [0, 0.05) is 0 Å². The Kier molecular flexibility index (Phi) is 9.73. The summed E-state index contributed by atoms with van der Waals surface area (Å²) < 4.78 is 0. The zero-order valence-electron chi connectivity index (χ0n) is 36.1. The van der Waals surface area contributed by atoms with E-state index >= 15 is 0 Å². The van der Waals surface area contributed by atoms with Crippen LogP contribution in [0.15, 0.2) is 248 Å². The van der Waals surface area contributed by atoms with Crippen molar-refractivity contribution in [1.82, 2.24) is 0 Å². The lowest BCUT2D eigenvalue weighted by molar-refractivity contribution is 0.982. The Balaban J connectivity index is 1.10. The number of hydrogen-bond acceptors (Lipinski definition) is 0. The van der Waals surface area contributed by atoms with Gasteiger partial charge in [-0.05, 0) is 177 Å². The summed E-state index contributed by atoms with van der Waals surface area (Å²) in [6.07, 6.45) is 22.7. The zero-order valence-corrected chi connectivity index (χ0v) is 36.1. The highest BCUT2D eigenvalue weighted by molar-refractivity contribution is 6.24. The molecule has 11 rings (SSSR count). The van der Waals surface area contributed by atoms with Crippen LogP contribution in [0.3, 0.4) is 0 Å². The van der Waals surface area contributed by atoms with Crippen molar-refractivity contribution in [3.63, 3.8) is 0 Å². The fourth-order valence-electron chi connectivity index (χ4n) is 10.6. The first-order valence-corrected chi connectivity index (χ1v) is 22.2. The van der Waals surface area contributed by atoms with Crippen LogP contribution >= 0.6 is 0 Å². The van der Waals surface area contributed by atoms with Crippen LogP contribution in [-0.2, 0) is 6.42 Å². The smallest absolute Gasteiger partial charge is 0.000787 e. The third-order valence-corrected chi connectivity index (χ3v) is 13.4. The van der Waals surface area contributed by atoms with Crippen LogP contribution in [0.2, 0.25) is 0 Å². The summed E-state index contributed by atoms with van der Waals surface area (Å²) in [6.45, 7) is 15.1. The summed E-state index contributed by atoms with van der Waals surface area (Å²) in [5, 5.41) is 2.45. The van der Waals surface area contributed by atoms with Crippen molar-refractivity contribution in [2.45, 2.75) is 19.8 Å². The largest absolute Gasteiger partial charge is 0.121 e. The summed E-state index contributed by atoms with van der Waals surface area (Å²) in [6, 6.07) is 52.0. The van der Waals surface area contributed by atoms with E-state index in [0.29, 0.717) is 0 Å². The van der Waals surface area contributed by atoms with Gasteiger partial charge in [-0.2, -0.15) is 0 Å². The number of rotatable bonds is 10. The molecule has 4 aliphatic carbocycles. The number of aryl methyl sites for hydroxylation is 1. The van der Waals surface area contributed by atoms with Crippen molar-refractivity contribution in [2.24, 2.45) is 0 Å². The van der Waals surface area contributed by atoms with Crippen LogP contribution in [-0.4, -0.2) is 0 Å². The lowest BCUT2D eigenvalue weighted by Gasteiger charge is -2.21. The van der Waals surface area contributed by atoms with Crippen LogP contribution in [0.25, 0.3) is 83.1 Å². The number of allylic oxidation sites excluding steroid dienone is 15. The highest BCUT2D eigenvalue weighted by atomic mass is 14.4. The monoisotopic (exact) mass is 814 g/mol. The lowest BCUT2D eigenvalue weighted by Crippen LogP contribution is -1.98. The third-order valence-electron chi connectivity index (χ3n) is 13.4. The van der Waals surface area contributed by atoms with Crippen molar-refractivity contribution < 1.29 is 0 Å². The molecular weight excluding hydrogens is 769 g/mol. The molecule has 4 aliphatic rings. The van der Waals surface area contributed by atoms with Gasteiger partial charge in [-0.25, -0.2) is 0 Å². The molecule has 0 amide bonds. The molecule has 0 fully saturated rings. The van der Waals surface area contributed by atoms with E-state index in [1.165, 1.54) is 99.8 Å². The minimum absolute atomic E-state index is 0.970. The standard InChI is InChI=1S/C64H46/c1-5-20-41(3)49(21-6-2)62-54-33-19-30-51-50(38-39-55(61(51)54)58(62)42(4)43-22-11-7-8-12-23-43)45-34-36-46(37-35-45)56-40-57(44-24-13-9-14-25-44)63-52-31-17-28-47-29-18-32-53(59(47)52)64(63)60(56)48-26-15-10-16-27-48/h5-7,9-16,18-27,29-40H,1-2,4,17,28H2,3H3/b41-20+,49-21-. The Morgan fingerprint density at radius 1 is 0.562 bits per heavy atom. The second-order valence-corrected chi connectivity index (χ2v) is 16.9. The van der Waals surface area contributed by atoms with E-state index in [-0.39, 0.29) is 0 Å². The van der Waals surface area contributed by atoms with Crippen molar-refractivity contribution >= 4 is 27.5 Å². The average molecular weight is 815 g/mol. The molecule has 0 spiro atoms. The minimum atomic E-state index is 0.970. The molecular formula is C64H46. The van der Waals surface area contributed by atoms with Gasteiger partial charge in [-0.3, -0.25) is 0 Å². The molecule has 0 N–H and O–H groups in total. The van der Waals surface area contributed by atoms with E-state index < -0.39 is 0 Å².